The van der Waals surface area contributed by atoms with Gasteiger partial charge in [-0.2, -0.15) is 0 Å². The average molecular weight is 371 g/mol. The van der Waals surface area contributed by atoms with Crippen LogP contribution in [-0.4, -0.2) is 14.7 Å². The first-order valence-electron chi connectivity index (χ1n) is 8.27. The second-order valence-corrected chi connectivity index (χ2v) is 8.70. The lowest BCUT2D eigenvalue weighted by Crippen LogP contribution is -2.09. The van der Waals surface area contributed by atoms with Crippen molar-refractivity contribution in [2.45, 2.75) is 26.1 Å². The van der Waals surface area contributed by atoms with Crippen molar-refractivity contribution in [1.82, 2.24) is 0 Å². The van der Waals surface area contributed by atoms with E-state index in [1.54, 1.807) is 6.07 Å². The number of nitrogens with one attached hydrogen (secondary N) is 1. The Balaban J connectivity index is 1.97. The highest BCUT2D eigenvalue weighted by molar-refractivity contribution is 7.89. The molecule has 0 aliphatic carbocycles. The van der Waals surface area contributed by atoms with Crippen molar-refractivity contribution >= 4 is 26.5 Å². The topological polar surface area (TPSA) is 76.4 Å². The minimum Gasteiger partial charge on any atom is -0.422 e. The second-order valence-electron chi connectivity index (χ2n) is 6.56. The van der Waals surface area contributed by atoms with Crippen LogP contribution >= 0.6 is 0 Å². The fourth-order valence-electron chi connectivity index (χ4n) is 2.96. The van der Waals surface area contributed by atoms with Gasteiger partial charge in [0, 0.05) is 29.9 Å². The van der Waals surface area contributed by atoms with Gasteiger partial charge >= 0.3 is 5.63 Å². The third kappa shape index (κ3) is 3.96. The van der Waals surface area contributed by atoms with Gasteiger partial charge in [-0.25, -0.2) is 13.2 Å². The van der Waals surface area contributed by atoms with Crippen LogP contribution in [0.1, 0.15) is 22.3 Å². The summed E-state index contributed by atoms with van der Waals surface area (Å²) in [6.45, 7) is 4.30. The quantitative estimate of drug-likeness (QED) is 0.694. The lowest BCUT2D eigenvalue weighted by atomic mass is 10.0. The van der Waals surface area contributed by atoms with Crippen LogP contribution in [0.5, 0.6) is 0 Å². The molecule has 0 unspecified atom stereocenters. The molecule has 3 aromatic rings. The molecule has 0 atom stereocenters. The lowest BCUT2D eigenvalue weighted by molar-refractivity contribution is 0.556. The largest absolute Gasteiger partial charge is 0.422 e. The molecule has 0 saturated heterocycles. The van der Waals surface area contributed by atoms with Gasteiger partial charge in [-0.3, -0.25) is 0 Å². The number of hydrogen-bond donors (Lipinski definition) is 1. The van der Waals surface area contributed by atoms with E-state index in [1.807, 2.05) is 44.2 Å². The zero-order chi connectivity index (χ0) is 18.9. The predicted molar refractivity (Wildman–Crippen MR) is 104 cm³/mol. The van der Waals surface area contributed by atoms with Gasteiger partial charge in [0.25, 0.3) is 0 Å². The number of fused-ring (bicyclic) bond motifs is 1. The molecule has 6 heteroatoms. The Hall–Kier alpha value is -2.60. The summed E-state index contributed by atoms with van der Waals surface area (Å²) >= 11 is 0. The van der Waals surface area contributed by atoms with Crippen LogP contribution in [0.2, 0.25) is 0 Å². The molecule has 0 aliphatic rings. The van der Waals surface area contributed by atoms with Crippen LogP contribution in [0.25, 0.3) is 11.0 Å². The third-order valence-electron chi connectivity index (χ3n) is 4.42. The minimum absolute atomic E-state index is 0.0356. The number of sulfone groups is 1. The maximum atomic E-state index is 12.0. The highest BCUT2D eigenvalue weighted by Crippen LogP contribution is 2.25. The van der Waals surface area contributed by atoms with E-state index in [0.717, 1.165) is 27.8 Å². The van der Waals surface area contributed by atoms with E-state index in [-0.39, 0.29) is 5.75 Å². The van der Waals surface area contributed by atoms with Gasteiger partial charge in [0.2, 0.25) is 0 Å². The summed E-state index contributed by atoms with van der Waals surface area (Å²) in [5.74, 6) is -0.0356. The minimum atomic E-state index is -3.14. The molecule has 5 nitrogen and oxygen atoms in total. The van der Waals surface area contributed by atoms with Crippen LogP contribution < -0.4 is 10.9 Å². The number of hydrogen-bond acceptors (Lipinski definition) is 5. The Bertz CT molecular complexity index is 1130. The molecular weight excluding hydrogens is 350 g/mol. The van der Waals surface area contributed by atoms with Crippen molar-refractivity contribution in [2.75, 3.05) is 11.6 Å². The zero-order valence-corrected chi connectivity index (χ0v) is 15.8. The first-order chi connectivity index (χ1) is 12.2. The lowest BCUT2D eigenvalue weighted by Gasteiger charge is -2.13. The Kier molecular flexibility index (Phi) is 4.87. The van der Waals surface area contributed by atoms with Crippen molar-refractivity contribution in [3.8, 4) is 0 Å². The molecule has 0 spiro atoms. The van der Waals surface area contributed by atoms with Crippen molar-refractivity contribution in [3.05, 3.63) is 75.1 Å². The number of anilines is 1. The van der Waals surface area contributed by atoms with Gasteiger partial charge in [-0.05, 0) is 42.2 Å². The number of rotatable bonds is 5. The third-order valence-corrected chi connectivity index (χ3v) is 5.26. The standard InChI is InChI=1S/C20H21NO4S/c1-13-8-9-17-16(10-19(22)25-20(17)14(13)2)11-21-18-7-5-4-6-15(18)12-26(3,23)24/h4-10,21H,11-12H2,1-3H3. The highest BCUT2D eigenvalue weighted by Gasteiger charge is 2.12. The SMILES string of the molecule is Cc1ccc2c(CNc3ccccc3CS(C)(=O)=O)cc(=O)oc2c1C. The molecular formula is C20H21NO4S. The summed E-state index contributed by atoms with van der Waals surface area (Å²) in [4.78, 5) is 12.0. The van der Waals surface area contributed by atoms with E-state index in [0.29, 0.717) is 17.7 Å². The molecule has 3 rings (SSSR count). The fourth-order valence-corrected chi connectivity index (χ4v) is 3.78. The number of para-hydroxylation sites is 1. The normalized spacial score (nSPS) is 11.7. The molecule has 0 saturated carbocycles. The van der Waals surface area contributed by atoms with Crippen molar-refractivity contribution in [1.29, 1.82) is 0 Å². The molecule has 1 heterocycles. The molecule has 26 heavy (non-hydrogen) atoms. The molecule has 1 aromatic heterocycles. The van der Waals surface area contributed by atoms with Gasteiger partial charge in [-0.15, -0.1) is 0 Å². The van der Waals surface area contributed by atoms with E-state index in [2.05, 4.69) is 5.32 Å². The fraction of sp³-hybridized carbons (Fsp3) is 0.250. The summed E-state index contributed by atoms with van der Waals surface area (Å²) in [6.07, 6.45) is 1.21. The van der Waals surface area contributed by atoms with E-state index in [9.17, 15) is 13.2 Å². The Morgan fingerprint density at radius 3 is 2.50 bits per heavy atom. The Labute approximate surface area is 152 Å². The molecule has 2 aromatic carbocycles. The maximum Gasteiger partial charge on any atom is 0.336 e. The zero-order valence-electron chi connectivity index (χ0n) is 15.0. The van der Waals surface area contributed by atoms with Crippen molar-refractivity contribution in [2.24, 2.45) is 0 Å². The number of benzene rings is 2. The monoisotopic (exact) mass is 371 g/mol. The van der Waals surface area contributed by atoms with Gasteiger partial charge in [0.1, 0.15) is 5.58 Å². The van der Waals surface area contributed by atoms with Crippen molar-refractivity contribution in [3.63, 3.8) is 0 Å². The smallest absolute Gasteiger partial charge is 0.336 e. The summed E-state index contributed by atoms with van der Waals surface area (Å²) < 4.78 is 28.7. The molecule has 0 fully saturated rings. The van der Waals surface area contributed by atoms with Gasteiger partial charge in [0.05, 0.1) is 5.75 Å². The van der Waals surface area contributed by atoms with Crippen LogP contribution in [0, 0.1) is 13.8 Å². The predicted octanol–water partition coefficient (Wildman–Crippen LogP) is 3.57. The van der Waals surface area contributed by atoms with E-state index < -0.39 is 15.5 Å². The molecule has 0 amide bonds. The molecule has 0 radical (unpaired) electrons. The van der Waals surface area contributed by atoms with Gasteiger partial charge in [-0.1, -0.05) is 30.3 Å². The number of aryl methyl sites for hydroxylation is 2. The van der Waals surface area contributed by atoms with E-state index in [1.165, 1.54) is 12.3 Å². The van der Waals surface area contributed by atoms with Crippen LogP contribution in [0.15, 0.2) is 51.7 Å². The van der Waals surface area contributed by atoms with Crippen LogP contribution in [0.4, 0.5) is 5.69 Å². The molecule has 136 valence electrons. The van der Waals surface area contributed by atoms with E-state index >= 15 is 0 Å². The molecule has 0 bridgehead atoms. The first-order valence-corrected chi connectivity index (χ1v) is 10.3. The molecule has 0 aliphatic heterocycles. The maximum absolute atomic E-state index is 12.0. The van der Waals surface area contributed by atoms with E-state index in [4.69, 9.17) is 4.42 Å². The summed E-state index contributed by atoms with van der Waals surface area (Å²) in [6, 6.07) is 12.7. The summed E-state index contributed by atoms with van der Waals surface area (Å²) in [7, 11) is -3.14. The van der Waals surface area contributed by atoms with Crippen LogP contribution in [-0.2, 0) is 22.1 Å². The summed E-state index contributed by atoms with van der Waals surface area (Å²) in [5, 5.41) is 4.14. The van der Waals surface area contributed by atoms with Gasteiger partial charge < -0.3 is 9.73 Å². The second kappa shape index (κ2) is 6.96. The summed E-state index contributed by atoms with van der Waals surface area (Å²) in [5.41, 5.74) is 4.46. The Morgan fingerprint density at radius 1 is 1.04 bits per heavy atom. The van der Waals surface area contributed by atoms with Gasteiger partial charge in [0.15, 0.2) is 9.84 Å². The average Bonchev–Trinajstić information content (AvgIpc) is 2.56. The van der Waals surface area contributed by atoms with Crippen molar-refractivity contribution < 1.29 is 12.8 Å². The highest BCUT2D eigenvalue weighted by atomic mass is 32.2. The van der Waals surface area contributed by atoms with Crippen LogP contribution in [0.3, 0.4) is 0 Å². The Morgan fingerprint density at radius 2 is 1.77 bits per heavy atom. The molecule has 1 N–H and O–H groups in total. The first kappa shape index (κ1) is 18.2.